The summed E-state index contributed by atoms with van der Waals surface area (Å²) in [4.78, 5) is 5.16. The van der Waals surface area contributed by atoms with E-state index in [2.05, 4.69) is 28.0 Å². The van der Waals surface area contributed by atoms with Crippen LogP contribution in [0.15, 0.2) is 52.9 Å². The van der Waals surface area contributed by atoms with E-state index in [1.165, 1.54) is 38.8 Å². The second-order valence-corrected chi connectivity index (χ2v) is 8.20. The largest absolute Gasteiger partial charge is 0.508 e. The lowest BCUT2D eigenvalue weighted by molar-refractivity contribution is 0.122. The Morgan fingerprint density at radius 1 is 0.929 bits per heavy atom. The molecule has 1 N–H and O–H groups in total. The molecule has 0 saturated carbocycles. The van der Waals surface area contributed by atoms with Crippen LogP contribution in [0.3, 0.4) is 0 Å². The number of piperidine rings is 1. The van der Waals surface area contributed by atoms with Gasteiger partial charge in [-0.25, -0.2) is 0 Å². The quantitative estimate of drug-likeness (QED) is 0.705. The predicted molar refractivity (Wildman–Crippen MR) is 112 cm³/mol. The van der Waals surface area contributed by atoms with Crippen LogP contribution in [0.4, 0.5) is 0 Å². The average molecular weight is 377 g/mol. The van der Waals surface area contributed by atoms with Gasteiger partial charge in [0.05, 0.1) is 0 Å². The van der Waals surface area contributed by atoms with Crippen LogP contribution in [0, 0.1) is 0 Å². The number of phenolic OH excluding ortho intramolecular Hbond substituents is 1. The Hall–Kier alpha value is -2.30. The van der Waals surface area contributed by atoms with Crippen molar-refractivity contribution >= 4 is 11.0 Å². The minimum atomic E-state index is 0.370. The first-order valence-corrected chi connectivity index (χ1v) is 10.5. The molecule has 0 bridgehead atoms. The minimum Gasteiger partial charge on any atom is -0.508 e. The first-order chi connectivity index (χ1) is 13.8. The summed E-state index contributed by atoms with van der Waals surface area (Å²) >= 11 is 0. The van der Waals surface area contributed by atoms with Gasteiger partial charge in [-0.05, 0) is 70.1 Å². The molecule has 3 heterocycles. The van der Waals surface area contributed by atoms with Gasteiger partial charge < -0.3 is 14.4 Å². The fourth-order valence-corrected chi connectivity index (χ4v) is 4.84. The van der Waals surface area contributed by atoms with E-state index >= 15 is 0 Å². The third kappa shape index (κ3) is 3.43. The summed E-state index contributed by atoms with van der Waals surface area (Å²) in [6.07, 6.45) is 5.19. The summed E-state index contributed by atoms with van der Waals surface area (Å²) in [5.74, 6) is 1.23. The lowest BCUT2D eigenvalue weighted by Gasteiger charge is -2.36. The van der Waals surface area contributed by atoms with Crippen molar-refractivity contribution in [2.24, 2.45) is 0 Å². The summed E-state index contributed by atoms with van der Waals surface area (Å²) in [7, 11) is 0. The summed E-state index contributed by atoms with van der Waals surface area (Å²) in [5, 5.41) is 11.6. The summed E-state index contributed by atoms with van der Waals surface area (Å²) < 4.78 is 6.09. The molecule has 0 aliphatic carbocycles. The molecule has 2 aromatic carbocycles. The van der Waals surface area contributed by atoms with E-state index in [0.29, 0.717) is 5.75 Å². The van der Waals surface area contributed by atoms with E-state index in [1.807, 2.05) is 24.3 Å². The maximum atomic E-state index is 10.6. The van der Waals surface area contributed by atoms with Gasteiger partial charge in [0.1, 0.15) is 17.1 Å². The predicted octanol–water partition coefficient (Wildman–Crippen LogP) is 4.87. The fourth-order valence-electron chi connectivity index (χ4n) is 4.84. The van der Waals surface area contributed by atoms with Crippen molar-refractivity contribution in [3.8, 4) is 17.1 Å². The second-order valence-electron chi connectivity index (χ2n) is 8.20. The van der Waals surface area contributed by atoms with E-state index in [9.17, 15) is 5.11 Å². The molecule has 2 fully saturated rings. The SMILES string of the molecule is Oc1ccc2oc(-c3ccccc3)cc2c1CN1CCC(N2CCCC2)CC1. The van der Waals surface area contributed by atoms with E-state index < -0.39 is 0 Å². The Morgan fingerprint density at radius 3 is 2.43 bits per heavy atom. The van der Waals surface area contributed by atoms with Gasteiger partial charge in [-0.3, -0.25) is 4.90 Å². The topological polar surface area (TPSA) is 39.9 Å². The number of rotatable bonds is 4. The lowest BCUT2D eigenvalue weighted by Crippen LogP contribution is -2.43. The highest BCUT2D eigenvalue weighted by molar-refractivity contribution is 5.87. The van der Waals surface area contributed by atoms with Gasteiger partial charge in [-0.2, -0.15) is 0 Å². The lowest BCUT2D eigenvalue weighted by atomic mass is 10.0. The van der Waals surface area contributed by atoms with Gasteiger partial charge in [-0.1, -0.05) is 30.3 Å². The molecule has 146 valence electrons. The maximum absolute atomic E-state index is 10.6. The third-order valence-electron chi connectivity index (χ3n) is 6.44. The first kappa shape index (κ1) is 17.8. The molecule has 0 radical (unpaired) electrons. The van der Waals surface area contributed by atoms with Crippen LogP contribution in [0.5, 0.6) is 5.75 Å². The van der Waals surface area contributed by atoms with Crippen LogP contribution in [0.25, 0.3) is 22.3 Å². The van der Waals surface area contributed by atoms with Gasteiger partial charge in [0.2, 0.25) is 0 Å². The molecule has 0 amide bonds. The van der Waals surface area contributed by atoms with E-state index in [1.54, 1.807) is 6.07 Å². The van der Waals surface area contributed by atoms with Gasteiger partial charge in [0.15, 0.2) is 0 Å². The molecule has 0 spiro atoms. The number of furan rings is 1. The molecule has 4 heteroatoms. The molecule has 5 rings (SSSR count). The van der Waals surface area contributed by atoms with Crippen LogP contribution in [0.2, 0.25) is 0 Å². The number of hydrogen-bond acceptors (Lipinski definition) is 4. The molecule has 1 aromatic heterocycles. The average Bonchev–Trinajstić information content (AvgIpc) is 3.41. The minimum absolute atomic E-state index is 0.370. The molecule has 28 heavy (non-hydrogen) atoms. The number of aromatic hydroxyl groups is 1. The van der Waals surface area contributed by atoms with Crippen molar-refractivity contribution in [2.75, 3.05) is 26.2 Å². The van der Waals surface area contributed by atoms with Crippen molar-refractivity contribution in [3.63, 3.8) is 0 Å². The molecular formula is C24H28N2O2. The number of phenols is 1. The van der Waals surface area contributed by atoms with Crippen molar-refractivity contribution < 1.29 is 9.52 Å². The Bertz CT molecular complexity index is 936. The summed E-state index contributed by atoms with van der Waals surface area (Å²) in [5.41, 5.74) is 2.90. The second kappa shape index (κ2) is 7.61. The van der Waals surface area contributed by atoms with Crippen LogP contribution in [-0.4, -0.2) is 47.1 Å². The number of nitrogens with zero attached hydrogens (tertiary/aromatic N) is 2. The normalized spacial score (nSPS) is 19.6. The highest BCUT2D eigenvalue weighted by atomic mass is 16.3. The highest BCUT2D eigenvalue weighted by Crippen LogP contribution is 2.35. The van der Waals surface area contributed by atoms with E-state index in [-0.39, 0.29) is 0 Å². The van der Waals surface area contributed by atoms with Crippen molar-refractivity contribution in [3.05, 3.63) is 54.1 Å². The Labute approximate surface area is 166 Å². The van der Waals surface area contributed by atoms with Crippen LogP contribution in [-0.2, 0) is 6.54 Å². The third-order valence-corrected chi connectivity index (χ3v) is 6.44. The van der Waals surface area contributed by atoms with Crippen LogP contribution in [0.1, 0.15) is 31.2 Å². The standard InChI is InChI=1S/C24H28N2O2/c27-22-8-9-23-20(16-24(28-23)18-6-2-1-3-7-18)21(22)17-25-14-10-19(11-15-25)26-12-4-5-13-26/h1-3,6-9,16,19,27H,4-5,10-15,17H2. The molecule has 0 atom stereocenters. The molecular weight excluding hydrogens is 348 g/mol. The fraction of sp³-hybridized carbons (Fsp3) is 0.417. The van der Waals surface area contributed by atoms with Gasteiger partial charge in [0, 0.05) is 29.1 Å². The van der Waals surface area contributed by atoms with Gasteiger partial charge in [0.25, 0.3) is 0 Å². The zero-order valence-electron chi connectivity index (χ0n) is 16.3. The highest BCUT2D eigenvalue weighted by Gasteiger charge is 2.27. The smallest absolute Gasteiger partial charge is 0.135 e. The van der Waals surface area contributed by atoms with Gasteiger partial charge in [-0.15, -0.1) is 0 Å². The Kier molecular flexibility index (Phi) is 4.83. The molecule has 2 aliphatic rings. The molecule has 3 aromatic rings. The van der Waals surface area contributed by atoms with Gasteiger partial charge >= 0.3 is 0 Å². The van der Waals surface area contributed by atoms with Crippen LogP contribution < -0.4 is 0 Å². The van der Waals surface area contributed by atoms with E-state index in [4.69, 9.17) is 4.42 Å². The number of fused-ring (bicyclic) bond motifs is 1. The molecule has 4 nitrogen and oxygen atoms in total. The first-order valence-electron chi connectivity index (χ1n) is 10.5. The number of likely N-dealkylation sites (tertiary alicyclic amines) is 2. The molecule has 2 saturated heterocycles. The van der Waals surface area contributed by atoms with Crippen molar-refractivity contribution in [2.45, 2.75) is 38.3 Å². The van der Waals surface area contributed by atoms with Crippen molar-refractivity contribution in [1.29, 1.82) is 0 Å². The van der Waals surface area contributed by atoms with Crippen molar-refractivity contribution in [1.82, 2.24) is 9.80 Å². The zero-order valence-corrected chi connectivity index (χ0v) is 16.3. The van der Waals surface area contributed by atoms with E-state index in [0.717, 1.165) is 53.5 Å². The Balaban J connectivity index is 1.35. The monoisotopic (exact) mass is 376 g/mol. The number of benzene rings is 2. The molecule has 2 aliphatic heterocycles. The zero-order chi connectivity index (χ0) is 18.9. The number of hydrogen-bond donors (Lipinski definition) is 1. The Morgan fingerprint density at radius 2 is 1.68 bits per heavy atom. The maximum Gasteiger partial charge on any atom is 0.135 e. The van der Waals surface area contributed by atoms with Crippen LogP contribution >= 0.6 is 0 Å². The summed E-state index contributed by atoms with van der Waals surface area (Å²) in [6.45, 7) is 5.54. The summed E-state index contributed by atoms with van der Waals surface area (Å²) in [6, 6.07) is 16.6. The molecule has 0 unspecified atom stereocenters.